The third-order valence-electron chi connectivity index (χ3n) is 1.96. The number of benzene rings is 2. The third-order valence-corrected chi connectivity index (χ3v) is 1.96. The quantitative estimate of drug-likeness (QED) is 0.718. The Morgan fingerprint density at radius 1 is 1.00 bits per heavy atom. The minimum absolute atomic E-state index is 0.225. The highest BCUT2D eigenvalue weighted by Crippen LogP contribution is 2.24. The summed E-state index contributed by atoms with van der Waals surface area (Å²) in [5.74, 6) is 0.447. The van der Waals surface area contributed by atoms with Gasteiger partial charge in [0.15, 0.2) is 11.6 Å². The monoisotopic (exact) mass is 201 g/mol. The Bertz CT molecular complexity index is 466. The van der Waals surface area contributed by atoms with Crippen molar-refractivity contribution in [3.05, 3.63) is 66.8 Å². The lowest BCUT2D eigenvalue weighted by Gasteiger charge is -2.06. The van der Waals surface area contributed by atoms with Gasteiger partial charge in [-0.15, -0.1) is 0 Å². The molecule has 0 spiro atoms. The lowest BCUT2D eigenvalue weighted by Crippen LogP contribution is -1.87. The van der Waals surface area contributed by atoms with E-state index in [1.165, 1.54) is 6.07 Å². The van der Waals surface area contributed by atoms with Gasteiger partial charge in [0.1, 0.15) is 5.75 Å². The zero-order chi connectivity index (χ0) is 10.7. The second-order valence-corrected chi connectivity index (χ2v) is 3.18. The van der Waals surface area contributed by atoms with Gasteiger partial charge in [0.25, 0.3) is 0 Å². The van der Waals surface area contributed by atoms with Crippen molar-refractivity contribution in [3.8, 4) is 11.5 Å². The Morgan fingerprint density at radius 3 is 2.53 bits per heavy atom. The lowest BCUT2D eigenvalue weighted by molar-refractivity contribution is 0.442. The SMILES string of the molecule is [CH2]c1cccc(Oc2ccccc2F)c1. The van der Waals surface area contributed by atoms with E-state index in [0.29, 0.717) is 5.75 Å². The van der Waals surface area contributed by atoms with E-state index in [1.807, 2.05) is 12.1 Å². The number of ether oxygens (including phenoxy) is 1. The topological polar surface area (TPSA) is 9.23 Å². The van der Waals surface area contributed by atoms with Crippen LogP contribution in [0.15, 0.2) is 48.5 Å². The third kappa shape index (κ3) is 2.34. The molecule has 0 aliphatic carbocycles. The highest BCUT2D eigenvalue weighted by atomic mass is 19.1. The summed E-state index contributed by atoms with van der Waals surface area (Å²) in [6, 6.07) is 13.5. The first-order chi connectivity index (χ1) is 7.25. The van der Waals surface area contributed by atoms with Crippen LogP contribution in [0.2, 0.25) is 0 Å². The van der Waals surface area contributed by atoms with E-state index in [0.717, 1.165) is 5.56 Å². The molecule has 0 aliphatic heterocycles. The Kier molecular flexibility index (Phi) is 2.68. The average molecular weight is 201 g/mol. The molecule has 0 saturated heterocycles. The van der Waals surface area contributed by atoms with Crippen LogP contribution in [0.1, 0.15) is 5.56 Å². The second-order valence-electron chi connectivity index (χ2n) is 3.18. The van der Waals surface area contributed by atoms with Gasteiger partial charge in [0.05, 0.1) is 0 Å². The van der Waals surface area contributed by atoms with Gasteiger partial charge in [-0.05, 0) is 36.8 Å². The van der Waals surface area contributed by atoms with Gasteiger partial charge >= 0.3 is 0 Å². The molecule has 2 aromatic carbocycles. The van der Waals surface area contributed by atoms with Crippen molar-refractivity contribution >= 4 is 0 Å². The van der Waals surface area contributed by atoms with Crippen molar-refractivity contribution in [2.24, 2.45) is 0 Å². The molecule has 0 aliphatic rings. The molecule has 15 heavy (non-hydrogen) atoms. The Morgan fingerprint density at radius 2 is 1.80 bits per heavy atom. The van der Waals surface area contributed by atoms with Crippen LogP contribution in [0.25, 0.3) is 0 Å². The van der Waals surface area contributed by atoms with E-state index < -0.39 is 0 Å². The summed E-state index contributed by atoms with van der Waals surface area (Å²) >= 11 is 0. The molecule has 0 amide bonds. The lowest BCUT2D eigenvalue weighted by atomic mass is 10.2. The molecule has 0 aromatic heterocycles. The predicted octanol–water partition coefficient (Wildman–Crippen LogP) is 3.80. The number of hydrogen-bond donors (Lipinski definition) is 0. The van der Waals surface area contributed by atoms with E-state index in [4.69, 9.17) is 4.74 Å². The van der Waals surface area contributed by atoms with Gasteiger partial charge in [0, 0.05) is 0 Å². The molecule has 0 unspecified atom stereocenters. The Hall–Kier alpha value is -1.83. The summed E-state index contributed by atoms with van der Waals surface area (Å²) < 4.78 is 18.6. The summed E-state index contributed by atoms with van der Waals surface area (Å²) in [5.41, 5.74) is 0.837. The summed E-state index contributed by atoms with van der Waals surface area (Å²) in [6.07, 6.45) is 0. The van der Waals surface area contributed by atoms with Crippen LogP contribution in [0, 0.1) is 12.7 Å². The summed E-state index contributed by atoms with van der Waals surface area (Å²) in [4.78, 5) is 0. The number of hydrogen-bond acceptors (Lipinski definition) is 1. The smallest absolute Gasteiger partial charge is 0.165 e. The summed E-state index contributed by atoms with van der Waals surface area (Å²) in [6.45, 7) is 3.77. The van der Waals surface area contributed by atoms with Crippen molar-refractivity contribution in [1.29, 1.82) is 0 Å². The first-order valence-corrected chi connectivity index (χ1v) is 4.60. The molecular weight excluding hydrogens is 191 g/mol. The molecule has 2 rings (SSSR count). The molecule has 0 N–H and O–H groups in total. The minimum Gasteiger partial charge on any atom is -0.454 e. The second kappa shape index (κ2) is 4.13. The maximum atomic E-state index is 13.2. The molecule has 0 fully saturated rings. The van der Waals surface area contributed by atoms with Crippen LogP contribution in [0.5, 0.6) is 11.5 Å². The van der Waals surface area contributed by atoms with Crippen LogP contribution < -0.4 is 4.74 Å². The van der Waals surface area contributed by atoms with Gasteiger partial charge in [-0.3, -0.25) is 0 Å². The first kappa shape index (κ1) is 9.71. The van der Waals surface area contributed by atoms with Crippen molar-refractivity contribution < 1.29 is 9.13 Å². The standard InChI is InChI=1S/C13H10FO/c1-10-5-4-6-11(9-10)15-13-8-3-2-7-12(13)14/h2-9H,1H2. The van der Waals surface area contributed by atoms with E-state index in [1.54, 1.807) is 30.3 Å². The number of halogens is 1. The maximum Gasteiger partial charge on any atom is 0.165 e. The molecule has 0 heterocycles. The van der Waals surface area contributed by atoms with Gasteiger partial charge in [-0.25, -0.2) is 4.39 Å². The summed E-state index contributed by atoms with van der Waals surface area (Å²) in [5, 5.41) is 0. The van der Waals surface area contributed by atoms with Gasteiger partial charge < -0.3 is 4.74 Å². The first-order valence-electron chi connectivity index (χ1n) is 4.60. The van der Waals surface area contributed by atoms with Crippen LogP contribution in [-0.2, 0) is 0 Å². The maximum absolute atomic E-state index is 13.2. The van der Waals surface area contributed by atoms with Crippen LogP contribution in [-0.4, -0.2) is 0 Å². The average Bonchev–Trinajstić information content (AvgIpc) is 2.22. The fourth-order valence-electron chi connectivity index (χ4n) is 1.26. The van der Waals surface area contributed by atoms with Crippen molar-refractivity contribution in [1.82, 2.24) is 0 Å². The van der Waals surface area contributed by atoms with Crippen molar-refractivity contribution in [2.45, 2.75) is 0 Å². The van der Waals surface area contributed by atoms with Crippen molar-refractivity contribution in [2.75, 3.05) is 0 Å². The van der Waals surface area contributed by atoms with Crippen LogP contribution in [0.3, 0.4) is 0 Å². The molecule has 1 nitrogen and oxygen atoms in total. The Balaban J connectivity index is 2.26. The van der Waals surface area contributed by atoms with Gasteiger partial charge in [-0.1, -0.05) is 24.3 Å². The number of para-hydroxylation sites is 1. The molecule has 0 atom stereocenters. The minimum atomic E-state index is -0.369. The van der Waals surface area contributed by atoms with Gasteiger partial charge in [-0.2, -0.15) is 0 Å². The highest BCUT2D eigenvalue weighted by molar-refractivity contribution is 5.35. The largest absolute Gasteiger partial charge is 0.454 e. The van der Waals surface area contributed by atoms with E-state index in [9.17, 15) is 4.39 Å². The fourth-order valence-corrected chi connectivity index (χ4v) is 1.26. The highest BCUT2D eigenvalue weighted by Gasteiger charge is 2.02. The molecule has 2 heteroatoms. The Labute approximate surface area is 88.1 Å². The molecule has 0 saturated carbocycles. The van der Waals surface area contributed by atoms with E-state index in [-0.39, 0.29) is 11.6 Å². The van der Waals surface area contributed by atoms with E-state index >= 15 is 0 Å². The van der Waals surface area contributed by atoms with Crippen LogP contribution >= 0.6 is 0 Å². The molecule has 1 radical (unpaired) electrons. The number of rotatable bonds is 2. The van der Waals surface area contributed by atoms with E-state index in [2.05, 4.69) is 6.92 Å². The van der Waals surface area contributed by atoms with Gasteiger partial charge in [0.2, 0.25) is 0 Å². The predicted molar refractivity (Wildman–Crippen MR) is 57.4 cm³/mol. The summed E-state index contributed by atoms with van der Waals surface area (Å²) in [7, 11) is 0. The fraction of sp³-hybridized carbons (Fsp3) is 0. The zero-order valence-corrected chi connectivity index (χ0v) is 8.11. The normalized spacial score (nSPS) is 10.0. The zero-order valence-electron chi connectivity index (χ0n) is 8.11. The van der Waals surface area contributed by atoms with Crippen molar-refractivity contribution in [3.63, 3.8) is 0 Å². The molecule has 0 bridgehead atoms. The molecule has 75 valence electrons. The molecular formula is C13H10FO. The van der Waals surface area contributed by atoms with Crippen LogP contribution in [0.4, 0.5) is 4.39 Å². The molecule has 2 aromatic rings.